The topological polar surface area (TPSA) is 99.3 Å². The molecule has 25 heavy (non-hydrogen) atoms. The molecule has 0 unspecified atom stereocenters. The summed E-state index contributed by atoms with van der Waals surface area (Å²) >= 11 is 0. The van der Waals surface area contributed by atoms with Crippen molar-refractivity contribution in [3.8, 4) is 5.75 Å². The third-order valence-corrected chi connectivity index (χ3v) is 3.90. The van der Waals surface area contributed by atoms with E-state index in [9.17, 15) is 14.9 Å². The fourth-order valence-corrected chi connectivity index (χ4v) is 2.26. The lowest BCUT2D eigenvalue weighted by Crippen LogP contribution is -2.24. The van der Waals surface area contributed by atoms with Gasteiger partial charge in [-0.2, -0.15) is 5.10 Å². The van der Waals surface area contributed by atoms with Crippen LogP contribution >= 0.6 is 0 Å². The number of carbonyl (C=O) groups excluding carboxylic acids is 1. The standard InChI is InChI=1S/C17H22N4O4/c1-11(20-10-13(9-18-20)21(23)24)16(22)19-14-8-12(17(2,3)4)6-7-15(14)25-5/h6-11H,1-5H3,(H,19,22)/t11-/m1/s1. The van der Waals surface area contributed by atoms with Crippen LogP contribution in [0, 0.1) is 10.1 Å². The number of nitrogens with zero attached hydrogens (tertiary/aromatic N) is 3. The first-order chi connectivity index (χ1) is 11.6. The highest BCUT2D eigenvalue weighted by molar-refractivity contribution is 5.95. The molecule has 0 radical (unpaired) electrons. The molecule has 0 aliphatic rings. The highest BCUT2D eigenvalue weighted by Gasteiger charge is 2.22. The van der Waals surface area contributed by atoms with Gasteiger partial charge in [-0.15, -0.1) is 0 Å². The summed E-state index contributed by atoms with van der Waals surface area (Å²) in [5.74, 6) is 0.197. The molecule has 1 heterocycles. The van der Waals surface area contributed by atoms with E-state index in [1.54, 1.807) is 13.0 Å². The van der Waals surface area contributed by atoms with Gasteiger partial charge in [-0.3, -0.25) is 19.6 Å². The molecule has 0 spiro atoms. The molecule has 0 aliphatic carbocycles. The van der Waals surface area contributed by atoms with Gasteiger partial charge in [0.2, 0.25) is 5.91 Å². The van der Waals surface area contributed by atoms with E-state index in [1.165, 1.54) is 18.0 Å². The van der Waals surface area contributed by atoms with Gasteiger partial charge in [0, 0.05) is 0 Å². The minimum atomic E-state index is -0.711. The van der Waals surface area contributed by atoms with Gasteiger partial charge in [0.05, 0.1) is 17.7 Å². The molecule has 0 fully saturated rings. The van der Waals surface area contributed by atoms with Gasteiger partial charge >= 0.3 is 5.69 Å². The molecule has 0 bridgehead atoms. The Morgan fingerprint density at radius 2 is 2.08 bits per heavy atom. The molecule has 0 saturated carbocycles. The molecule has 134 valence electrons. The Labute approximate surface area is 145 Å². The van der Waals surface area contributed by atoms with Crippen LogP contribution < -0.4 is 10.1 Å². The lowest BCUT2D eigenvalue weighted by molar-refractivity contribution is -0.385. The second-order valence-corrected chi connectivity index (χ2v) is 6.77. The summed E-state index contributed by atoms with van der Waals surface area (Å²) < 4.78 is 6.57. The number of benzene rings is 1. The highest BCUT2D eigenvalue weighted by Crippen LogP contribution is 2.32. The normalized spacial score (nSPS) is 12.5. The van der Waals surface area contributed by atoms with Gasteiger partial charge in [-0.25, -0.2) is 0 Å². The molecule has 8 nitrogen and oxygen atoms in total. The molecular weight excluding hydrogens is 324 g/mol. The van der Waals surface area contributed by atoms with Crippen molar-refractivity contribution >= 4 is 17.3 Å². The van der Waals surface area contributed by atoms with Crippen molar-refractivity contribution in [2.75, 3.05) is 12.4 Å². The number of nitro groups is 1. The Morgan fingerprint density at radius 1 is 1.40 bits per heavy atom. The largest absolute Gasteiger partial charge is 0.495 e. The summed E-state index contributed by atoms with van der Waals surface area (Å²) in [5, 5.41) is 17.4. The second-order valence-electron chi connectivity index (χ2n) is 6.77. The quantitative estimate of drug-likeness (QED) is 0.661. The molecule has 1 amide bonds. The van der Waals surface area contributed by atoms with Crippen molar-refractivity contribution in [1.82, 2.24) is 9.78 Å². The van der Waals surface area contributed by atoms with Crippen LogP contribution in [0.1, 0.15) is 39.3 Å². The van der Waals surface area contributed by atoms with E-state index in [-0.39, 0.29) is 17.0 Å². The van der Waals surface area contributed by atoms with E-state index in [4.69, 9.17) is 4.74 Å². The van der Waals surface area contributed by atoms with Crippen molar-refractivity contribution in [2.45, 2.75) is 39.2 Å². The Bertz CT molecular complexity index is 792. The lowest BCUT2D eigenvalue weighted by atomic mass is 9.87. The maximum atomic E-state index is 12.5. The van der Waals surface area contributed by atoms with Crippen LogP contribution in [-0.2, 0) is 10.2 Å². The molecule has 8 heteroatoms. The van der Waals surface area contributed by atoms with E-state index in [1.807, 2.05) is 12.1 Å². The maximum Gasteiger partial charge on any atom is 0.307 e. The van der Waals surface area contributed by atoms with Crippen LogP contribution in [-0.4, -0.2) is 27.7 Å². The molecule has 2 aromatic rings. The Hall–Kier alpha value is -2.90. The molecule has 2 rings (SSSR count). The van der Waals surface area contributed by atoms with Crippen LogP contribution in [0.25, 0.3) is 0 Å². The fourth-order valence-electron chi connectivity index (χ4n) is 2.26. The molecule has 1 aromatic heterocycles. The van der Waals surface area contributed by atoms with Crippen LogP contribution in [0.2, 0.25) is 0 Å². The number of ether oxygens (including phenoxy) is 1. The first-order valence-corrected chi connectivity index (χ1v) is 7.81. The Balaban J connectivity index is 2.25. The number of nitrogens with one attached hydrogen (secondary N) is 1. The van der Waals surface area contributed by atoms with Crippen molar-refractivity contribution < 1.29 is 14.5 Å². The Kier molecular flexibility index (Phi) is 5.10. The fraction of sp³-hybridized carbons (Fsp3) is 0.412. The van der Waals surface area contributed by atoms with E-state index in [0.29, 0.717) is 11.4 Å². The zero-order chi connectivity index (χ0) is 18.8. The van der Waals surface area contributed by atoms with Gasteiger partial charge in [0.1, 0.15) is 24.2 Å². The van der Waals surface area contributed by atoms with Crippen LogP contribution in [0.15, 0.2) is 30.6 Å². The van der Waals surface area contributed by atoms with Gasteiger partial charge in [-0.1, -0.05) is 26.8 Å². The Morgan fingerprint density at radius 3 is 2.60 bits per heavy atom. The molecular formula is C17H22N4O4. The number of rotatable bonds is 5. The third-order valence-electron chi connectivity index (χ3n) is 3.90. The van der Waals surface area contributed by atoms with Crippen molar-refractivity contribution in [1.29, 1.82) is 0 Å². The predicted molar refractivity (Wildman–Crippen MR) is 93.9 cm³/mol. The van der Waals surface area contributed by atoms with Gasteiger partial charge in [-0.05, 0) is 30.0 Å². The number of carbonyl (C=O) groups is 1. The summed E-state index contributed by atoms with van der Waals surface area (Å²) in [7, 11) is 1.53. The van der Waals surface area contributed by atoms with Crippen LogP contribution in [0.3, 0.4) is 0 Å². The smallest absolute Gasteiger partial charge is 0.307 e. The molecule has 1 N–H and O–H groups in total. The number of anilines is 1. The minimum absolute atomic E-state index is 0.0834. The number of hydrogen-bond donors (Lipinski definition) is 1. The third kappa shape index (κ3) is 4.14. The first kappa shape index (κ1) is 18.4. The SMILES string of the molecule is COc1ccc(C(C)(C)C)cc1NC(=O)[C@@H](C)n1cc([N+](=O)[O-])cn1. The first-order valence-electron chi connectivity index (χ1n) is 7.81. The number of methoxy groups -OCH3 is 1. The van der Waals surface area contributed by atoms with E-state index in [0.717, 1.165) is 11.8 Å². The second kappa shape index (κ2) is 6.92. The van der Waals surface area contributed by atoms with Gasteiger partial charge in [0.15, 0.2) is 0 Å². The summed E-state index contributed by atoms with van der Waals surface area (Å²) in [4.78, 5) is 22.7. The lowest BCUT2D eigenvalue weighted by Gasteiger charge is -2.22. The van der Waals surface area contributed by atoms with Crippen molar-refractivity contribution in [3.63, 3.8) is 0 Å². The molecule has 1 aromatic carbocycles. The summed E-state index contributed by atoms with van der Waals surface area (Å²) in [6.07, 6.45) is 2.34. The van der Waals surface area contributed by atoms with E-state index < -0.39 is 11.0 Å². The van der Waals surface area contributed by atoms with Crippen LogP contribution in [0.5, 0.6) is 5.75 Å². The molecule has 0 saturated heterocycles. The predicted octanol–water partition coefficient (Wildman–Crippen LogP) is 3.30. The van der Waals surface area contributed by atoms with Crippen molar-refractivity contribution in [2.24, 2.45) is 0 Å². The maximum absolute atomic E-state index is 12.5. The van der Waals surface area contributed by atoms with Gasteiger partial charge < -0.3 is 10.1 Å². The highest BCUT2D eigenvalue weighted by atomic mass is 16.6. The average molecular weight is 346 g/mol. The summed E-state index contributed by atoms with van der Waals surface area (Å²) in [6.45, 7) is 7.84. The van der Waals surface area contributed by atoms with Crippen LogP contribution in [0.4, 0.5) is 11.4 Å². The zero-order valence-electron chi connectivity index (χ0n) is 14.9. The number of aromatic nitrogens is 2. The summed E-state index contributed by atoms with van der Waals surface area (Å²) in [6, 6.07) is 4.92. The molecule has 0 aliphatic heterocycles. The van der Waals surface area contributed by atoms with Crippen molar-refractivity contribution in [3.05, 3.63) is 46.3 Å². The zero-order valence-corrected chi connectivity index (χ0v) is 14.9. The average Bonchev–Trinajstić information content (AvgIpc) is 3.03. The summed E-state index contributed by atoms with van der Waals surface area (Å²) in [5.41, 5.74) is 1.35. The minimum Gasteiger partial charge on any atom is -0.495 e. The number of hydrogen-bond acceptors (Lipinski definition) is 5. The number of amides is 1. The van der Waals surface area contributed by atoms with Gasteiger partial charge in [0.25, 0.3) is 0 Å². The molecule has 1 atom stereocenters. The van der Waals surface area contributed by atoms with E-state index >= 15 is 0 Å². The van der Waals surface area contributed by atoms with E-state index in [2.05, 4.69) is 31.2 Å². The monoisotopic (exact) mass is 346 g/mol.